The van der Waals surface area contributed by atoms with Gasteiger partial charge in [-0.3, -0.25) is 4.98 Å². The molecule has 2 heterocycles. The Balaban J connectivity index is 1.64. The van der Waals surface area contributed by atoms with Gasteiger partial charge in [0.05, 0.1) is 33.1 Å². The van der Waals surface area contributed by atoms with E-state index >= 15 is 0 Å². The zero-order valence-corrected chi connectivity index (χ0v) is 16.5. The molecule has 2 aliphatic rings. The topological polar surface area (TPSA) is 89.2 Å². The Morgan fingerprint density at radius 3 is 2.82 bits per heavy atom. The molecule has 1 unspecified atom stereocenters. The number of aromatic nitrogens is 3. The Kier molecular flexibility index (Phi) is 4.68. The van der Waals surface area contributed by atoms with Crippen LogP contribution in [-0.4, -0.2) is 25.0 Å². The lowest BCUT2D eigenvalue weighted by molar-refractivity contribution is 0.0564. The third-order valence-electron chi connectivity index (χ3n) is 5.39. The smallest absolute Gasteiger partial charge is 0.305 e. The normalized spacial score (nSPS) is 18.3. The summed E-state index contributed by atoms with van der Waals surface area (Å²) in [7, 11) is -2.52. The number of nitrogens with one attached hydrogen (secondary N) is 1. The van der Waals surface area contributed by atoms with Crippen molar-refractivity contribution in [2.75, 3.05) is 5.32 Å². The lowest BCUT2D eigenvalue weighted by atomic mass is 9.90. The van der Waals surface area contributed by atoms with E-state index in [1.807, 2.05) is 0 Å². The van der Waals surface area contributed by atoms with Gasteiger partial charge in [-0.15, -0.1) is 4.36 Å². The number of urea groups is 1. The molecular weight excluding hydrogens is 388 g/mol. The van der Waals surface area contributed by atoms with Crippen LogP contribution in [0.4, 0.5) is 19.3 Å². The number of fused-ring (bicyclic) bond motifs is 2. The number of hydrogen-bond acceptors (Lipinski definition) is 4. The molecule has 28 heavy (non-hydrogen) atoms. The first-order valence-corrected chi connectivity index (χ1v) is 10.3. The number of pyridine rings is 1. The Morgan fingerprint density at radius 2 is 2.11 bits per heavy atom. The van der Waals surface area contributed by atoms with Gasteiger partial charge in [0.2, 0.25) is 0 Å². The molecule has 2 aromatic rings. The summed E-state index contributed by atoms with van der Waals surface area (Å²) in [4.78, 5) is 17.3. The molecule has 2 aromatic heterocycles. The molecule has 150 valence electrons. The number of amides is 2. The first-order valence-electron chi connectivity index (χ1n) is 9.13. The Hall–Kier alpha value is -2.36. The van der Waals surface area contributed by atoms with E-state index in [4.69, 9.17) is 4.98 Å². The maximum Gasteiger partial charge on any atom is 0.353 e. The maximum absolute atomic E-state index is 12.6. The van der Waals surface area contributed by atoms with Gasteiger partial charge in [0.15, 0.2) is 0 Å². The quantitative estimate of drug-likeness (QED) is 0.758. The Bertz CT molecular complexity index is 1040. The summed E-state index contributed by atoms with van der Waals surface area (Å²) in [5, 5.41) is 6.23. The second kappa shape index (κ2) is 6.91. The van der Waals surface area contributed by atoms with Crippen LogP contribution in [0, 0.1) is 0 Å². The minimum Gasteiger partial charge on any atom is -0.305 e. The Labute approximate surface area is 162 Å². The highest BCUT2D eigenvalue weighted by atomic mass is 32.2. The summed E-state index contributed by atoms with van der Waals surface area (Å²) in [6.07, 6.45) is 6.41. The molecule has 1 atom stereocenters. The average molecular weight is 409 g/mol. The van der Waals surface area contributed by atoms with Crippen LogP contribution in [-0.2, 0) is 35.3 Å². The molecule has 0 saturated carbocycles. The minimum absolute atomic E-state index is 0.0169. The molecule has 0 radical (unpaired) electrons. The molecule has 0 aliphatic heterocycles. The van der Waals surface area contributed by atoms with E-state index in [9.17, 15) is 17.8 Å². The second-order valence-electron chi connectivity index (χ2n) is 7.74. The van der Waals surface area contributed by atoms with E-state index in [0.717, 1.165) is 72.7 Å². The standard InChI is InChI=1S/C18H21F2N5O2S/c1-18(2)7-6-12-14(11-4-3-5-13(11)22-15(12)18)23-17(26)24-28(27)10-8-21-25(9-10)16(19)20/h8-9,16,28H,3-7H2,1-2H3,(H,22,23,26). The van der Waals surface area contributed by atoms with Crippen molar-refractivity contribution in [2.45, 2.75) is 62.8 Å². The number of anilines is 1. The fourth-order valence-corrected chi connectivity index (χ4v) is 4.64. The average Bonchev–Trinajstić information content (AvgIpc) is 3.34. The van der Waals surface area contributed by atoms with Crippen molar-refractivity contribution in [1.82, 2.24) is 14.8 Å². The number of thiol groups is 1. The lowest BCUT2D eigenvalue weighted by Crippen LogP contribution is -2.17. The first-order chi connectivity index (χ1) is 13.3. The van der Waals surface area contributed by atoms with Crippen LogP contribution in [0.2, 0.25) is 0 Å². The van der Waals surface area contributed by atoms with Crippen LogP contribution in [0.5, 0.6) is 0 Å². The highest BCUT2D eigenvalue weighted by molar-refractivity contribution is 7.75. The highest BCUT2D eigenvalue weighted by Gasteiger charge is 2.36. The van der Waals surface area contributed by atoms with Crippen LogP contribution in [0.1, 0.15) is 55.8 Å². The van der Waals surface area contributed by atoms with Gasteiger partial charge in [-0.2, -0.15) is 13.9 Å². The molecule has 0 spiro atoms. The van der Waals surface area contributed by atoms with Crippen LogP contribution in [0.15, 0.2) is 21.7 Å². The monoisotopic (exact) mass is 409 g/mol. The maximum atomic E-state index is 12.6. The van der Waals surface area contributed by atoms with Gasteiger partial charge in [-0.25, -0.2) is 13.7 Å². The fourth-order valence-electron chi connectivity index (χ4n) is 3.94. The van der Waals surface area contributed by atoms with E-state index < -0.39 is 23.2 Å². The zero-order chi connectivity index (χ0) is 20.1. The molecule has 0 bridgehead atoms. The van der Waals surface area contributed by atoms with Crippen molar-refractivity contribution in [3.63, 3.8) is 0 Å². The number of rotatable bonds is 3. The van der Waals surface area contributed by atoms with Gasteiger partial charge < -0.3 is 5.32 Å². The van der Waals surface area contributed by atoms with Crippen LogP contribution in [0.3, 0.4) is 0 Å². The molecule has 10 heteroatoms. The number of carbonyl (C=O) groups is 1. The number of alkyl halides is 2. The number of hydrogen-bond donors (Lipinski definition) is 2. The molecule has 7 nitrogen and oxygen atoms in total. The molecule has 1 N–H and O–H groups in total. The van der Waals surface area contributed by atoms with E-state index in [-0.39, 0.29) is 10.3 Å². The summed E-state index contributed by atoms with van der Waals surface area (Å²) < 4.78 is 41.5. The minimum atomic E-state index is -2.84. The van der Waals surface area contributed by atoms with E-state index in [1.165, 1.54) is 0 Å². The number of aryl methyl sites for hydroxylation is 1. The van der Waals surface area contributed by atoms with E-state index in [1.54, 1.807) is 0 Å². The van der Waals surface area contributed by atoms with Crippen LogP contribution < -0.4 is 5.32 Å². The third-order valence-corrected chi connectivity index (χ3v) is 6.42. The summed E-state index contributed by atoms with van der Waals surface area (Å²) in [5.74, 6) is 0. The molecular formula is C18H21F2N5O2S. The van der Waals surface area contributed by atoms with Crippen LogP contribution in [0.25, 0.3) is 0 Å². The molecule has 2 aliphatic carbocycles. The molecule has 0 aromatic carbocycles. The summed E-state index contributed by atoms with van der Waals surface area (Å²) in [6.45, 7) is 1.44. The van der Waals surface area contributed by atoms with Crippen molar-refractivity contribution < 1.29 is 17.8 Å². The molecule has 4 rings (SSSR count). The predicted molar refractivity (Wildman–Crippen MR) is 100 cm³/mol. The lowest BCUT2D eigenvalue weighted by Gasteiger charge is -2.20. The van der Waals surface area contributed by atoms with Gasteiger partial charge in [-0.1, -0.05) is 13.8 Å². The summed E-state index contributed by atoms with van der Waals surface area (Å²) in [5.41, 5.74) is 4.75. The summed E-state index contributed by atoms with van der Waals surface area (Å²) in [6, 6.07) is -0.752. The third kappa shape index (κ3) is 3.30. The molecule has 0 fully saturated rings. The number of halogens is 2. The molecule has 0 saturated heterocycles. The van der Waals surface area contributed by atoms with Gasteiger partial charge in [0.25, 0.3) is 0 Å². The zero-order valence-electron chi connectivity index (χ0n) is 15.6. The summed E-state index contributed by atoms with van der Waals surface area (Å²) >= 11 is 0. The van der Waals surface area contributed by atoms with Crippen molar-refractivity contribution in [1.29, 1.82) is 0 Å². The second-order valence-corrected chi connectivity index (χ2v) is 9.00. The Morgan fingerprint density at radius 1 is 1.32 bits per heavy atom. The fraction of sp³-hybridized carbons (Fsp3) is 0.500. The first kappa shape index (κ1) is 19.0. The van der Waals surface area contributed by atoms with Gasteiger partial charge in [0, 0.05) is 17.3 Å². The predicted octanol–water partition coefficient (Wildman–Crippen LogP) is 3.64. The van der Waals surface area contributed by atoms with Gasteiger partial charge in [-0.05, 0) is 43.2 Å². The van der Waals surface area contributed by atoms with Crippen molar-refractivity contribution in [3.8, 4) is 0 Å². The van der Waals surface area contributed by atoms with E-state index in [0.29, 0.717) is 4.68 Å². The van der Waals surface area contributed by atoms with Crippen molar-refractivity contribution in [3.05, 3.63) is 34.9 Å². The van der Waals surface area contributed by atoms with Crippen molar-refractivity contribution >= 4 is 22.3 Å². The van der Waals surface area contributed by atoms with Gasteiger partial charge in [0.1, 0.15) is 0 Å². The van der Waals surface area contributed by atoms with Crippen molar-refractivity contribution in [2.24, 2.45) is 4.36 Å². The largest absolute Gasteiger partial charge is 0.353 e. The van der Waals surface area contributed by atoms with Gasteiger partial charge >= 0.3 is 12.6 Å². The SMILES string of the molecule is CC1(C)CCc2c1nc1c(c2NC(=O)/N=[SH](=O)/c2cnn(C(F)F)c2)CCC1. The molecule has 2 amide bonds. The van der Waals surface area contributed by atoms with E-state index in [2.05, 4.69) is 28.6 Å². The highest BCUT2D eigenvalue weighted by Crippen LogP contribution is 2.44. The number of nitrogens with zero attached hydrogens (tertiary/aromatic N) is 4. The van der Waals surface area contributed by atoms with Crippen LogP contribution >= 0.6 is 0 Å². The number of carbonyl (C=O) groups excluding carboxylic acids is 1.